The zero-order valence-electron chi connectivity index (χ0n) is 29.5. The molecule has 0 heterocycles. The van der Waals surface area contributed by atoms with Gasteiger partial charge >= 0.3 is 18.1 Å². The maximum Gasteiger partial charge on any atom is 0.416 e. The SMILES string of the molecule is O=C(O)CC(NC(=O)c1cc(Br)ccc1OCc1ccc(C(F)(F)F)cc1)c1ccc(-c2ccccc2)c(Oc2ccccc2)c1.O=C(O)c1cc(Br)ccc1O. The molecule has 6 rings (SSSR count). The Hall–Kier alpha value is -6.12. The first kappa shape index (κ1) is 42.0. The van der Waals surface area contributed by atoms with Gasteiger partial charge < -0.3 is 30.1 Å². The molecule has 0 fully saturated rings. The lowest BCUT2D eigenvalue weighted by Gasteiger charge is -2.21. The van der Waals surface area contributed by atoms with Gasteiger partial charge in [0.15, 0.2) is 0 Å². The first-order valence-corrected chi connectivity index (χ1v) is 18.5. The van der Waals surface area contributed by atoms with Gasteiger partial charge in [-0.25, -0.2) is 4.79 Å². The van der Waals surface area contributed by atoms with Crippen LogP contribution in [0.2, 0.25) is 0 Å². The maximum absolute atomic E-state index is 13.7. The standard InChI is InChI=1S/C36H27BrF3NO5.C7H5BrO3/c37-27-16-18-32(45-22-23-11-14-26(15-12-23)36(38,39)40)30(20-27)35(44)41-31(21-34(42)43)25-13-17-29(24-7-3-1-4-8-24)33(19-25)46-28-9-5-2-6-10-28;8-4-1-2-6(9)5(3-4)7(10)11/h1-20,31H,21-22H2,(H,41,44)(H,42,43);1-3,9H,(H,10,11). The van der Waals surface area contributed by atoms with Crippen molar-refractivity contribution >= 4 is 49.7 Å². The molecule has 0 aromatic heterocycles. The average Bonchev–Trinajstić information content (AvgIpc) is 3.18. The zero-order chi connectivity index (χ0) is 41.1. The topological polar surface area (TPSA) is 142 Å². The van der Waals surface area contributed by atoms with Crippen LogP contribution < -0.4 is 14.8 Å². The number of ether oxygens (including phenoxy) is 2. The van der Waals surface area contributed by atoms with Crippen molar-refractivity contribution in [2.75, 3.05) is 0 Å². The molecule has 1 amide bonds. The van der Waals surface area contributed by atoms with E-state index in [4.69, 9.17) is 19.7 Å². The second-order valence-electron chi connectivity index (χ2n) is 12.3. The molecule has 14 heteroatoms. The smallest absolute Gasteiger partial charge is 0.416 e. The minimum atomic E-state index is -4.46. The lowest BCUT2D eigenvalue weighted by Crippen LogP contribution is -2.30. The molecule has 0 saturated heterocycles. The minimum Gasteiger partial charge on any atom is -0.507 e. The molecule has 0 aliphatic carbocycles. The molecular formula is C43H32Br2F3NO8. The summed E-state index contributed by atoms with van der Waals surface area (Å²) in [6.45, 7) is -0.0975. The van der Waals surface area contributed by atoms with Gasteiger partial charge in [0, 0.05) is 14.5 Å². The number of para-hydroxylation sites is 1. The van der Waals surface area contributed by atoms with Crippen LogP contribution in [0.1, 0.15) is 49.9 Å². The summed E-state index contributed by atoms with van der Waals surface area (Å²) < 4.78 is 52.1. The van der Waals surface area contributed by atoms with Crippen LogP contribution in [0.3, 0.4) is 0 Å². The third-order valence-electron chi connectivity index (χ3n) is 8.20. The number of rotatable bonds is 12. The van der Waals surface area contributed by atoms with Gasteiger partial charge in [0.2, 0.25) is 0 Å². The highest BCUT2D eigenvalue weighted by Gasteiger charge is 2.30. The number of carboxylic acids is 2. The first-order chi connectivity index (χ1) is 27.2. The molecule has 0 saturated carbocycles. The summed E-state index contributed by atoms with van der Waals surface area (Å²) in [4.78, 5) is 36.0. The molecule has 0 aliphatic heterocycles. The van der Waals surface area contributed by atoms with Crippen molar-refractivity contribution in [3.8, 4) is 34.1 Å². The maximum atomic E-state index is 13.7. The van der Waals surface area contributed by atoms with E-state index in [0.29, 0.717) is 31.6 Å². The van der Waals surface area contributed by atoms with Crippen molar-refractivity contribution in [3.63, 3.8) is 0 Å². The van der Waals surface area contributed by atoms with Crippen LogP contribution in [0.15, 0.2) is 148 Å². The number of aromatic hydroxyl groups is 1. The third-order valence-corrected chi connectivity index (χ3v) is 9.19. The summed E-state index contributed by atoms with van der Waals surface area (Å²) in [5.41, 5.74) is 1.87. The Morgan fingerprint density at radius 3 is 1.91 bits per heavy atom. The molecule has 0 bridgehead atoms. The Labute approximate surface area is 341 Å². The number of carboxylic acid groups (broad SMARTS) is 2. The molecule has 1 unspecified atom stereocenters. The quantitative estimate of drug-likeness (QED) is 0.0951. The fourth-order valence-corrected chi connectivity index (χ4v) is 6.13. The summed E-state index contributed by atoms with van der Waals surface area (Å²) in [6.07, 6.45) is -4.88. The van der Waals surface area contributed by atoms with Gasteiger partial charge in [-0.3, -0.25) is 9.59 Å². The number of carbonyl (C=O) groups excluding carboxylic acids is 1. The number of hydrogen-bond donors (Lipinski definition) is 4. The predicted octanol–water partition coefficient (Wildman–Crippen LogP) is 11.3. The van der Waals surface area contributed by atoms with Crippen molar-refractivity contribution in [1.82, 2.24) is 5.32 Å². The Bertz CT molecular complexity index is 2340. The van der Waals surface area contributed by atoms with Crippen LogP contribution in [0.25, 0.3) is 11.1 Å². The van der Waals surface area contributed by atoms with Gasteiger partial charge in [0.25, 0.3) is 5.91 Å². The number of alkyl halides is 3. The normalized spacial score (nSPS) is 11.4. The number of amides is 1. The van der Waals surface area contributed by atoms with E-state index in [9.17, 15) is 32.7 Å². The molecule has 6 aromatic rings. The summed E-state index contributed by atoms with van der Waals surface area (Å²) in [5, 5.41) is 30.1. The Balaban J connectivity index is 0.000000486. The Morgan fingerprint density at radius 2 is 1.32 bits per heavy atom. The number of hydrogen-bond acceptors (Lipinski definition) is 6. The van der Waals surface area contributed by atoms with Crippen LogP contribution in [0.4, 0.5) is 13.2 Å². The van der Waals surface area contributed by atoms with Crippen molar-refractivity contribution in [2.24, 2.45) is 0 Å². The molecule has 0 spiro atoms. The Kier molecular flexibility index (Phi) is 14.1. The second-order valence-corrected chi connectivity index (χ2v) is 14.1. The fraction of sp³-hybridized carbons (Fsp3) is 0.0930. The minimum absolute atomic E-state index is 0.0975. The van der Waals surface area contributed by atoms with Crippen LogP contribution >= 0.6 is 31.9 Å². The lowest BCUT2D eigenvalue weighted by atomic mass is 9.97. The van der Waals surface area contributed by atoms with Crippen molar-refractivity contribution in [2.45, 2.75) is 25.2 Å². The van der Waals surface area contributed by atoms with E-state index in [2.05, 4.69) is 37.2 Å². The molecule has 9 nitrogen and oxygen atoms in total. The Morgan fingerprint density at radius 1 is 0.702 bits per heavy atom. The lowest BCUT2D eigenvalue weighted by molar-refractivity contribution is -0.138. The summed E-state index contributed by atoms with van der Waals surface area (Å²) in [6, 6.07) is 36.6. The second kappa shape index (κ2) is 19.2. The van der Waals surface area contributed by atoms with Gasteiger partial charge in [-0.1, -0.05) is 105 Å². The molecule has 6 aromatic carbocycles. The average molecular weight is 908 g/mol. The molecule has 0 aliphatic rings. The number of carbonyl (C=O) groups is 3. The van der Waals surface area contributed by atoms with Crippen LogP contribution in [-0.2, 0) is 17.6 Å². The predicted molar refractivity (Wildman–Crippen MR) is 214 cm³/mol. The highest BCUT2D eigenvalue weighted by atomic mass is 79.9. The largest absolute Gasteiger partial charge is 0.507 e. The van der Waals surface area contributed by atoms with Crippen molar-refractivity contribution in [1.29, 1.82) is 0 Å². The summed E-state index contributed by atoms with van der Waals surface area (Å²) in [5.74, 6) is -1.86. The number of aliphatic carboxylic acids is 1. The third kappa shape index (κ3) is 11.9. The molecule has 0 radical (unpaired) electrons. The van der Waals surface area contributed by atoms with Gasteiger partial charge in [-0.05, 0) is 83.4 Å². The fourth-order valence-electron chi connectivity index (χ4n) is 5.41. The van der Waals surface area contributed by atoms with Crippen molar-refractivity contribution < 1.29 is 52.3 Å². The van der Waals surface area contributed by atoms with E-state index in [1.165, 1.54) is 30.3 Å². The number of halogens is 5. The first-order valence-electron chi connectivity index (χ1n) is 16.9. The van der Waals surface area contributed by atoms with Crippen LogP contribution in [0.5, 0.6) is 23.0 Å². The van der Waals surface area contributed by atoms with Gasteiger partial charge in [0.05, 0.1) is 23.6 Å². The van der Waals surface area contributed by atoms with Gasteiger partial charge in [-0.2, -0.15) is 13.2 Å². The number of benzene rings is 6. The molecule has 292 valence electrons. The molecule has 57 heavy (non-hydrogen) atoms. The van der Waals surface area contributed by atoms with Crippen LogP contribution in [0, 0.1) is 0 Å². The van der Waals surface area contributed by atoms with E-state index in [0.717, 1.165) is 23.3 Å². The van der Waals surface area contributed by atoms with E-state index in [1.807, 2.05) is 54.6 Å². The number of aromatic carboxylic acids is 1. The van der Waals surface area contributed by atoms with E-state index in [-0.39, 0.29) is 29.2 Å². The monoisotopic (exact) mass is 905 g/mol. The highest BCUT2D eigenvalue weighted by molar-refractivity contribution is 9.10. The van der Waals surface area contributed by atoms with Crippen molar-refractivity contribution in [3.05, 3.63) is 176 Å². The summed E-state index contributed by atoms with van der Waals surface area (Å²) in [7, 11) is 0. The van der Waals surface area contributed by atoms with E-state index < -0.39 is 42.0 Å². The van der Waals surface area contributed by atoms with Gasteiger partial charge in [0.1, 0.15) is 35.2 Å². The number of phenols is 1. The highest BCUT2D eigenvalue weighted by Crippen LogP contribution is 2.37. The van der Waals surface area contributed by atoms with E-state index in [1.54, 1.807) is 42.5 Å². The molecular weight excluding hydrogens is 875 g/mol. The van der Waals surface area contributed by atoms with Crippen LogP contribution in [-0.4, -0.2) is 33.2 Å². The number of nitrogens with one attached hydrogen (secondary N) is 1. The molecule has 1 atom stereocenters. The molecule has 4 N–H and O–H groups in total. The van der Waals surface area contributed by atoms with Gasteiger partial charge in [-0.15, -0.1) is 0 Å². The summed E-state index contributed by atoms with van der Waals surface area (Å²) >= 11 is 6.45. The van der Waals surface area contributed by atoms with E-state index >= 15 is 0 Å². The zero-order valence-corrected chi connectivity index (χ0v) is 32.7.